The molecule has 94 valence electrons. The number of hydrogen-bond donors (Lipinski definition) is 5. The van der Waals surface area contributed by atoms with Crippen molar-refractivity contribution in [3.63, 3.8) is 0 Å². The number of imide groups is 1. The summed E-state index contributed by atoms with van der Waals surface area (Å²) in [4.78, 5) is 22.4. The molecule has 0 aliphatic rings. The highest BCUT2D eigenvalue weighted by atomic mass is 16.3. The van der Waals surface area contributed by atoms with Gasteiger partial charge in [0.2, 0.25) is 5.91 Å². The normalized spacial score (nSPS) is 12.3. The molecule has 0 radical (unpaired) electrons. The second-order valence-electron chi connectivity index (χ2n) is 3.30. The van der Waals surface area contributed by atoms with E-state index in [-0.39, 0.29) is 13.2 Å². The van der Waals surface area contributed by atoms with Crippen LogP contribution in [-0.4, -0.2) is 54.0 Å². The molecule has 5 N–H and O–H groups in total. The van der Waals surface area contributed by atoms with E-state index < -0.39 is 24.0 Å². The van der Waals surface area contributed by atoms with Gasteiger partial charge >= 0.3 is 6.03 Å². The van der Waals surface area contributed by atoms with Gasteiger partial charge in [0.25, 0.3) is 0 Å². The molecule has 3 amide bonds. The summed E-state index contributed by atoms with van der Waals surface area (Å²) in [7, 11) is 0. The number of carbonyl (C=O) groups is 2. The third kappa shape index (κ3) is 5.64. The second kappa shape index (κ2) is 8.03. The van der Waals surface area contributed by atoms with Crippen molar-refractivity contribution in [2.24, 2.45) is 0 Å². The summed E-state index contributed by atoms with van der Waals surface area (Å²) in [6, 6.07) is -1.81. The average Bonchev–Trinajstić information content (AvgIpc) is 2.25. The predicted octanol–water partition coefficient (Wildman–Crippen LogP) is -1.84. The van der Waals surface area contributed by atoms with Crippen molar-refractivity contribution in [1.29, 1.82) is 0 Å². The molecule has 7 nitrogen and oxygen atoms in total. The van der Waals surface area contributed by atoms with Crippen LogP contribution in [0.15, 0.2) is 0 Å². The summed E-state index contributed by atoms with van der Waals surface area (Å²) in [5.41, 5.74) is 0. The van der Waals surface area contributed by atoms with E-state index >= 15 is 0 Å². The quantitative estimate of drug-likeness (QED) is 0.370. The molecule has 0 rings (SSSR count). The number of carbonyl (C=O) groups excluding carboxylic acids is 2. The SMILES string of the molecule is CCNC(=O)NC(=O)C(C)NC(CO)CO. The number of rotatable bonds is 6. The molecule has 0 spiro atoms. The molecule has 0 aliphatic heterocycles. The highest BCUT2D eigenvalue weighted by Crippen LogP contribution is 1.87. The Morgan fingerprint density at radius 1 is 1.25 bits per heavy atom. The first-order valence-corrected chi connectivity index (χ1v) is 5.11. The highest BCUT2D eigenvalue weighted by Gasteiger charge is 2.18. The third-order valence-corrected chi connectivity index (χ3v) is 1.89. The minimum absolute atomic E-state index is 0.282. The molecule has 1 unspecified atom stereocenters. The summed E-state index contributed by atoms with van der Waals surface area (Å²) in [6.45, 7) is 3.13. The Balaban J connectivity index is 4.02. The Morgan fingerprint density at radius 2 is 1.81 bits per heavy atom. The Morgan fingerprint density at radius 3 is 2.25 bits per heavy atom. The second-order valence-corrected chi connectivity index (χ2v) is 3.30. The zero-order chi connectivity index (χ0) is 12.6. The molecular weight excluding hydrogens is 214 g/mol. The molecule has 0 saturated heterocycles. The molecule has 0 aromatic carbocycles. The zero-order valence-corrected chi connectivity index (χ0v) is 9.49. The molecule has 0 aromatic heterocycles. The fourth-order valence-corrected chi connectivity index (χ4v) is 1.02. The van der Waals surface area contributed by atoms with Gasteiger partial charge in [0, 0.05) is 6.54 Å². The number of hydrogen-bond acceptors (Lipinski definition) is 5. The lowest BCUT2D eigenvalue weighted by Crippen LogP contribution is -2.52. The summed E-state index contributed by atoms with van der Waals surface area (Å²) in [6.07, 6.45) is 0. The van der Waals surface area contributed by atoms with Crippen molar-refractivity contribution in [2.45, 2.75) is 25.9 Å². The van der Waals surface area contributed by atoms with Gasteiger partial charge in [-0.25, -0.2) is 4.79 Å². The van der Waals surface area contributed by atoms with Gasteiger partial charge in [0.1, 0.15) is 0 Å². The maximum Gasteiger partial charge on any atom is 0.321 e. The molecule has 0 fully saturated rings. The minimum Gasteiger partial charge on any atom is -0.395 e. The summed E-state index contributed by atoms with van der Waals surface area (Å²) in [5.74, 6) is -0.516. The van der Waals surface area contributed by atoms with Crippen molar-refractivity contribution in [3.05, 3.63) is 0 Å². The number of amides is 3. The Kier molecular flexibility index (Phi) is 7.44. The van der Waals surface area contributed by atoms with Crippen LogP contribution in [0.25, 0.3) is 0 Å². The predicted molar refractivity (Wildman–Crippen MR) is 57.8 cm³/mol. The molecule has 7 heteroatoms. The van der Waals surface area contributed by atoms with E-state index in [0.717, 1.165) is 0 Å². The van der Waals surface area contributed by atoms with Crippen molar-refractivity contribution < 1.29 is 19.8 Å². The van der Waals surface area contributed by atoms with Crippen LogP contribution in [0.2, 0.25) is 0 Å². The first-order valence-electron chi connectivity index (χ1n) is 5.11. The Labute approximate surface area is 94.2 Å². The molecule has 1 atom stereocenters. The number of aliphatic hydroxyl groups is 2. The summed E-state index contributed by atoms with van der Waals surface area (Å²) >= 11 is 0. The van der Waals surface area contributed by atoms with Crippen LogP contribution < -0.4 is 16.0 Å². The van der Waals surface area contributed by atoms with Gasteiger partial charge in [-0.05, 0) is 13.8 Å². The van der Waals surface area contributed by atoms with Crippen LogP contribution in [-0.2, 0) is 4.79 Å². The van der Waals surface area contributed by atoms with E-state index in [1.165, 1.54) is 6.92 Å². The smallest absolute Gasteiger partial charge is 0.321 e. The molecule has 0 aliphatic carbocycles. The molecule has 16 heavy (non-hydrogen) atoms. The van der Waals surface area contributed by atoms with Crippen LogP contribution in [0.5, 0.6) is 0 Å². The maximum absolute atomic E-state index is 11.4. The third-order valence-electron chi connectivity index (χ3n) is 1.89. The average molecular weight is 233 g/mol. The topological polar surface area (TPSA) is 111 Å². The van der Waals surface area contributed by atoms with E-state index in [1.54, 1.807) is 6.92 Å². The van der Waals surface area contributed by atoms with Crippen LogP contribution in [0, 0.1) is 0 Å². The summed E-state index contributed by atoms with van der Waals surface area (Å²) < 4.78 is 0. The van der Waals surface area contributed by atoms with E-state index in [4.69, 9.17) is 10.2 Å². The fraction of sp³-hybridized carbons (Fsp3) is 0.778. The molecule has 0 bridgehead atoms. The van der Waals surface area contributed by atoms with Gasteiger partial charge in [-0.3, -0.25) is 15.4 Å². The first-order chi connectivity index (χ1) is 7.54. The minimum atomic E-state index is -0.674. The van der Waals surface area contributed by atoms with Crippen molar-refractivity contribution in [2.75, 3.05) is 19.8 Å². The Hall–Kier alpha value is -1.18. The highest BCUT2D eigenvalue weighted by molar-refractivity contribution is 5.96. The van der Waals surface area contributed by atoms with Crippen molar-refractivity contribution in [1.82, 2.24) is 16.0 Å². The van der Waals surface area contributed by atoms with E-state index in [9.17, 15) is 9.59 Å². The number of aliphatic hydroxyl groups excluding tert-OH is 2. The Bertz CT molecular complexity index is 231. The maximum atomic E-state index is 11.4. The fourth-order valence-electron chi connectivity index (χ4n) is 1.02. The number of urea groups is 1. The lowest BCUT2D eigenvalue weighted by Gasteiger charge is -2.18. The van der Waals surface area contributed by atoms with E-state index in [0.29, 0.717) is 6.54 Å². The van der Waals surface area contributed by atoms with Gasteiger partial charge in [0.05, 0.1) is 25.3 Å². The van der Waals surface area contributed by atoms with Gasteiger partial charge < -0.3 is 15.5 Å². The standard InChI is InChI=1S/C9H19N3O4/c1-3-10-9(16)12-8(15)6(2)11-7(4-13)5-14/h6-7,11,13-14H,3-5H2,1-2H3,(H2,10,12,15,16). The van der Waals surface area contributed by atoms with Gasteiger partial charge in [0.15, 0.2) is 0 Å². The molecule has 0 saturated carbocycles. The monoisotopic (exact) mass is 233 g/mol. The van der Waals surface area contributed by atoms with Crippen molar-refractivity contribution in [3.8, 4) is 0 Å². The van der Waals surface area contributed by atoms with E-state index in [1.807, 2.05) is 0 Å². The summed E-state index contributed by atoms with van der Waals surface area (Å²) in [5, 5.41) is 24.8. The van der Waals surface area contributed by atoms with Crippen LogP contribution in [0.4, 0.5) is 4.79 Å². The zero-order valence-electron chi connectivity index (χ0n) is 9.49. The molecule has 0 aromatic rings. The van der Waals surface area contributed by atoms with Crippen LogP contribution in [0.1, 0.15) is 13.8 Å². The van der Waals surface area contributed by atoms with Gasteiger partial charge in [-0.1, -0.05) is 0 Å². The lowest BCUT2D eigenvalue weighted by atomic mass is 10.2. The van der Waals surface area contributed by atoms with Gasteiger partial charge in [-0.2, -0.15) is 0 Å². The van der Waals surface area contributed by atoms with Crippen LogP contribution in [0.3, 0.4) is 0 Å². The first kappa shape index (κ1) is 14.8. The van der Waals surface area contributed by atoms with Gasteiger partial charge in [-0.15, -0.1) is 0 Å². The van der Waals surface area contributed by atoms with Crippen molar-refractivity contribution >= 4 is 11.9 Å². The van der Waals surface area contributed by atoms with E-state index in [2.05, 4.69) is 16.0 Å². The number of nitrogens with one attached hydrogen (secondary N) is 3. The largest absolute Gasteiger partial charge is 0.395 e. The molecule has 0 heterocycles. The van der Waals surface area contributed by atoms with Crippen LogP contribution >= 0.6 is 0 Å². The molecular formula is C9H19N3O4. The lowest BCUT2D eigenvalue weighted by molar-refractivity contribution is -0.122.